The van der Waals surface area contributed by atoms with Crippen LogP contribution in [0.25, 0.3) is 10.2 Å². The topological polar surface area (TPSA) is 58.4 Å². The minimum absolute atomic E-state index is 0.0879. The fraction of sp³-hybridized carbons (Fsp3) is 0.696. The molecule has 1 fully saturated rings. The quantitative estimate of drug-likeness (QED) is 0.464. The highest BCUT2D eigenvalue weighted by atomic mass is 32.2. The third-order valence-electron chi connectivity index (χ3n) is 6.49. The van der Waals surface area contributed by atoms with E-state index in [1.807, 2.05) is 23.6 Å². The van der Waals surface area contributed by atoms with Gasteiger partial charge in [-0.2, -0.15) is 0 Å². The number of hydrogen-bond donors (Lipinski definition) is 0. The molecule has 1 saturated heterocycles. The second-order valence-corrected chi connectivity index (χ2v) is 11.3. The number of carbonyl (C=O) groups is 1. The van der Waals surface area contributed by atoms with Crippen molar-refractivity contribution in [2.45, 2.75) is 63.6 Å². The van der Waals surface area contributed by atoms with E-state index in [4.69, 9.17) is 4.98 Å². The number of fused-ring (bicyclic) bond motifs is 3. The molecule has 8 heteroatoms. The Balaban J connectivity index is 1.59. The van der Waals surface area contributed by atoms with Gasteiger partial charge in [0.1, 0.15) is 4.83 Å². The van der Waals surface area contributed by atoms with E-state index < -0.39 is 0 Å². The number of piperidine rings is 1. The van der Waals surface area contributed by atoms with Gasteiger partial charge in [0.15, 0.2) is 5.16 Å². The van der Waals surface area contributed by atoms with Gasteiger partial charge in [0.2, 0.25) is 5.91 Å². The summed E-state index contributed by atoms with van der Waals surface area (Å²) in [6, 6.07) is 0. The summed E-state index contributed by atoms with van der Waals surface area (Å²) in [5, 5.41) is 1.54. The Morgan fingerprint density at radius 1 is 1.23 bits per heavy atom. The average Bonchev–Trinajstić information content (AvgIpc) is 3.12. The minimum Gasteiger partial charge on any atom is -0.342 e. The van der Waals surface area contributed by atoms with E-state index in [2.05, 4.69) is 11.8 Å². The fourth-order valence-corrected chi connectivity index (χ4v) is 6.78. The highest BCUT2D eigenvalue weighted by Crippen LogP contribution is 2.34. The van der Waals surface area contributed by atoms with E-state index in [1.165, 1.54) is 28.6 Å². The summed E-state index contributed by atoms with van der Waals surface area (Å²) in [6.07, 6.45) is 7.44. The zero-order chi connectivity index (χ0) is 22.0. The van der Waals surface area contributed by atoms with Crippen molar-refractivity contribution in [2.24, 2.45) is 5.92 Å². The van der Waals surface area contributed by atoms with Crippen LogP contribution in [0.2, 0.25) is 0 Å². The molecule has 0 aromatic carbocycles. The Hall–Kier alpha value is -1.38. The van der Waals surface area contributed by atoms with Crippen LogP contribution in [0.15, 0.2) is 9.95 Å². The molecular weight excluding hydrogens is 428 g/mol. The van der Waals surface area contributed by atoms with Gasteiger partial charge in [-0.25, -0.2) is 4.98 Å². The molecule has 2 aliphatic rings. The zero-order valence-electron chi connectivity index (χ0n) is 19.0. The van der Waals surface area contributed by atoms with E-state index in [0.717, 1.165) is 68.4 Å². The van der Waals surface area contributed by atoms with Crippen LogP contribution in [0.1, 0.15) is 49.5 Å². The molecule has 0 bridgehead atoms. The predicted molar refractivity (Wildman–Crippen MR) is 129 cm³/mol. The maximum absolute atomic E-state index is 13.5. The molecule has 1 aliphatic carbocycles. The molecule has 0 N–H and O–H groups in total. The van der Waals surface area contributed by atoms with Crippen molar-refractivity contribution < 1.29 is 4.79 Å². The highest BCUT2D eigenvalue weighted by Gasteiger charge is 2.24. The lowest BCUT2D eigenvalue weighted by Crippen LogP contribution is -2.39. The maximum Gasteiger partial charge on any atom is 0.263 e. The van der Waals surface area contributed by atoms with Crippen molar-refractivity contribution in [3.63, 3.8) is 0 Å². The number of amides is 1. The lowest BCUT2D eigenvalue weighted by atomic mass is 9.97. The molecule has 0 spiro atoms. The summed E-state index contributed by atoms with van der Waals surface area (Å²) >= 11 is 3.12. The van der Waals surface area contributed by atoms with E-state index >= 15 is 0 Å². The smallest absolute Gasteiger partial charge is 0.263 e. The number of aromatic nitrogens is 2. The predicted octanol–water partition coefficient (Wildman–Crippen LogP) is 3.64. The lowest BCUT2D eigenvalue weighted by Gasteiger charge is -2.30. The third-order valence-corrected chi connectivity index (χ3v) is 8.63. The van der Waals surface area contributed by atoms with Crippen LogP contribution in [0.3, 0.4) is 0 Å². The Kier molecular flexibility index (Phi) is 7.39. The van der Waals surface area contributed by atoms with Crippen LogP contribution < -0.4 is 5.56 Å². The van der Waals surface area contributed by atoms with Crippen molar-refractivity contribution in [3.8, 4) is 0 Å². The molecule has 0 unspecified atom stereocenters. The first kappa shape index (κ1) is 22.8. The normalized spacial score (nSPS) is 17.5. The van der Waals surface area contributed by atoms with Gasteiger partial charge in [-0.3, -0.25) is 14.2 Å². The van der Waals surface area contributed by atoms with Crippen LogP contribution >= 0.6 is 23.1 Å². The molecule has 6 nitrogen and oxygen atoms in total. The molecule has 4 rings (SSSR count). The molecular formula is C23H34N4O2S2. The van der Waals surface area contributed by atoms with Gasteiger partial charge in [0.05, 0.1) is 11.1 Å². The first-order valence-corrected chi connectivity index (χ1v) is 13.3. The number of likely N-dealkylation sites (tertiary alicyclic amines) is 1. The van der Waals surface area contributed by atoms with Gasteiger partial charge in [-0.15, -0.1) is 11.3 Å². The van der Waals surface area contributed by atoms with Crippen LogP contribution in [-0.4, -0.2) is 64.7 Å². The first-order valence-electron chi connectivity index (χ1n) is 11.5. The van der Waals surface area contributed by atoms with Gasteiger partial charge < -0.3 is 9.80 Å². The van der Waals surface area contributed by atoms with E-state index in [0.29, 0.717) is 23.4 Å². The van der Waals surface area contributed by atoms with E-state index in [-0.39, 0.29) is 11.5 Å². The van der Waals surface area contributed by atoms with Gasteiger partial charge in [0, 0.05) is 24.5 Å². The van der Waals surface area contributed by atoms with Crippen molar-refractivity contribution in [3.05, 3.63) is 20.8 Å². The summed E-state index contributed by atoms with van der Waals surface area (Å²) in [5.74, 6) is 1.22. The summed E-state index contributed by atoms with van der Waals surface area (Å²) in [7, 11) is 4.10. The molecule has 3 heterocycles. The fourth-order valence-electron chi connectivity index (χ4n) is 4.55. The first-order chi connectivity index (χ1) is 14.9. The van der Waals surface area contributed by atoms with Crippen molar-refractivity contribution in [2.75, 3.05) is 39.5 Å². The van der Waals surface area contributed by atoms with E-state index in [1.54, 1.807) is 11.3 Å². The standard InChI is InChI=1S/C23H34N4O2S2/c1-16-9-13-26(14-10-16)19(28)15-30-23-24-21-20(17-7-4-5-8-18(17)31-21)22(29)27(23)12-6-11-25(2)3/h16H,4-15H2,1-3H3. The van der Waals surface area contributed by atoms with Crippen molar-refractivity contribution >= 4 is 39.2 Å². The number of hydrogen-bond acceptors (Lipinski definition) is 6. The second-order valence-electron chi connectivity index (χ2n) is 9.25. The van der Waals surface area contributed by atoms with Crippen LogP contribution in [-0.2, 0) is 24.2 Å². The molecule has 0 atom stereocenters. The van der Waals surface area contributed by atoms with Gasteiger partial charge in [-0.05, 0) is 77.1 Å². The molecule has 2 aromatic heterocycles. The molecule has 0 saturated carbocycles. The summed E-state index contributed by atoms with van der Waals surface area (Å²) < 4.78 is 1.84. The third kappa shape index (κ3) is 5.17. The van der Waals surface area contributed by atoms with Crippen molar-refractivity contribution in [1.29, 1.82) is 0 Å². The Bertz CT molecular complexity index is 990. The lowest BCUT2D eigenvalue weighted by molar-refractivity contribution is -0.129. The number of thioether (sulfide) groups is 1. The minimum atomic E-state index is 0.0879. The average molecular weight is 463 g/mol. The molecule has 0 radical (unpaired) electrons. The molecule has 1 amide bonds. The Labute approximate surface area is 193 Å². The molecule has 1 aliphatic heterocycles. The SMILES string of the molecule is CC1CCN(C(=O)CSc2nc3sc4c(c3c(=O)n2CCCN(C)C)CCCC4)CC1. The number of thiophene rings is 1. The molecule has 170 valence electrons. The summed E-state index contributed by atoms with van der Waals surface area (Å²) in [4.78, 5) is 37.6. The monoisotopic (exact) mass is 462 g/mol. The summed E-state index contributed by atoms with van der Waals surface area (Å²) in [6.45, 7) is 5.51. The maximum atomic E-state index is 13.5. The van der Waals surface area contributed by atoms with Gasteiger partial charge in [0.25, 0.3) is 5.56 Å². The van der Waals surface area contributed by atoms with E-state index in [9.17, 15) is 9.59 Å². The number of rotatable bonds is 7. The Morgan fingerprint density at radius 2 is 1.97 bits per heavy atom. The van der Waals surface area contributed by atoms with Crippen molar-refractivity contribution in [1.82, 2.24) is 19.4 Å². The highest BCUT2D eigenvalue weighted by molar-refractivity contribution is 7.99. The largest absolute Gasteiger partial charge is 0.342 e. The molecule has 2 aromatic rings. The van der Waals surface area contributed by atoms with Crippen LogP contribution in [0.5, 0.6) is 0 Å². The number of carbonyl (C=O) groups excluding carboxylic acids is 1. The van der Waals surface area contributed by atoms with Crippen LogP contribution in [0, 0.1) is 5.92 Å². The van der Waals surface area contributed by atoms with Gasteiger partial charge >= 0.3 is 0 Å². The summed E-state index contributed by atoms with van der Waals surface area (Å²) in [5.41, 5.74) is 1.32. The second kappa shape index (κ2) is 10.0. The van der Waals surface area contributed by atoms with Gasteiger partial charge in [-0.1, -0.05) is 18.7 Å². The molecule has 31 heavy (non-hydrogen) atoms. The number of nitrogens with zero attached hydrogens (tertiary/aromatic N) is 4. The van der Waals surface area contributed by atoms with Crippen LogP contribution in [0.4, 0.5) is 0 Å². The zero-order valence-corrected chi connectivity index (χ0v) is 20.6. The number of aryl methyl sites for hydroxylation is 2. The Morgan fingerprint density at radius 3 is 2.71 bits per heavy atom.